The average Bonchev–Trinajstić information content (AvgIpc) is 3.18. The average molecular weight is 1000 g/mol. The zero-order chi connectivity index (χ0) is 53.7. The molecule has 0 radical (unpaired) electrons. The van der Waals surface area contributed by atoms with Gasteiger partial charge in [-0.3, -0.25) is 9.63 Å². The smallest absolute Gasteiger partial charge is 0.408 e. The lowest BCUT2D eigenvalue weighted by atomic mass is 9.95. The molecule has 392 valence electrons. The van der Waals surface area contributed by atoms with Gasteiger partial charge in [0.15, 0.2) is 0 Å². The summed E-state index contributed by atoms with van der Waals surface area (Å²) in [6.45, 7) is 17.1. The Bertz CT molecular complexity index is 2100. The maximum Gasteiger partial charge on any atom is 0.408 e. The molecule has 0 aliphatic rings. The number of carbonyl (C=O) groups excluding carboxylic acids is 5. The summed E-state index contributed by atoms with van der Waals surface area (Å²) in [6, 6.07) is 5.87. The number of aliphatic hydroxyl groups excluding tert-OH is 2. The van der Waals surface area contributed by atoms with Crippen LogP contribution in [-0.4, -0.2) is 107 Å². The Kier molecular flexibility index (Phi) is 25.4. The molecule has 0 bridgehead atoms. The van der Waals surface area contributed by atoms with E-state index in [1.165, 1.54) is 14.2 Å². The first-order valence-electron chi connectivity index (χ1n) is 22.2. The molecule has 0 saturated carbocycles. The molecular weight excluding hydrogens is 935 g/mol. The number of alkyl carbamates (subject to hydrolysis) is 3. The Hall–Kier alpha value is -5.93. The number of carbonyl (C=O) groups is 5. The molecule has 15 nitrogen and oxygen atoms in total. The van der Waals surface area contributed by atoms with Crippen LogP contribution >= 0.6 is 0 Å². The van der Waals surface area contributed by atoms with Crippen LogP contribution in [0.4, 0.5) is 40.7 Å². The fourth-order valence-corrected chi connectivity index (χ4v) is 6.05. The first kappa shape index (κ1) is 62.1. The maximum absolute atomic E-state index is 13.4. The van der Waals surface area contributed by atoms with E-state index in [0.717, 1.165) is 66.1 Å². The first-order chi connectivity index (χ1) is 32.2. The third-order valence-electron chi connectivity index (χ3n) is 8.92. The van der Waals surface area contributed by atoms with E-state index in [1.807, 2.05) is 6.92 Å². The van der Waals surface area contributed by atoms with Crippen LogP contribution < -0.4 is 16.0 Å². The van der Waals surface area contributed by atoms with Crippen molar-refractivity contribution in [3.63, 3.8) is 0 Å². The SMILES string of the molecule is CC(C)(C)OC(=O)N[C@H](C=O)Cc1cc(F)cc(F)c1.CCCC[C@@H](O)[C@H](O)[C@H](Cc1cc(F)cc(F)c1)NC(=O)OC(C)(C)C.CON(C)C(=O)[C@H](Cc1cc(F)cc(F)c1)NC(=O)OC(C)(C)C. The maximum atomic E-state index is 13.4. The number of ether oxygens (including phenoxy) is 3. The number of aldehydes is 1. The van der Waals surface area contributed by atoms with Crippen molar-refractivity contribution in [1.29, 1.82) is 0 Å². The van der Waals surface area contributed by atoms with Gasteiger partial charge in [0.25, 0.3) is 5.91 Å². The van der Waals surface area contributed by atoms with Gasteiger partial charge in [0.2, 0.25) is 0 Å². The molecule has 3 aromatic carbocycles. The van der Waals surface area contributed by atoms with Crippen molar-refractivity contribution in [2.24, 2.45) is 0 Å². The van der Waals surface area contributed by atoms with Crippen molar-refractivity contribution in [3.05, 3.63) is 106 Å². The Labute approximate surface area is 405 Å². The molecule has 0 unspecified atom stereocenters. The van der Waals surface area contributed by atoms with Crippen LogP contribution in [0, 0.1) is 34.9 Å². The van der Waals surface area contributed by atoms with E-state index in [9.17, 15) is 60.5 Å². The molecule has 4 amide bonds. The Morgan fingerprint density at radius 1 is 0.600 bits per heavy atom. The number of halogens is 6. The third kappa shape index (κ3) is 26.7. The van der Waals surface area contributed by atoms with Gasteiger partial charge in [0.05, 0.1) is 25.3 Å². The second-order valence-electron chi connectivity index (χ2n) is 19.0. The van der Waals surface area contributed by atoms with E-state index in [0.29, 0.717) is 19.1 Å². The van der Waals surface area contributed by atoms with E-state index in [2.05, 4.69) is 16.0 Å². The molecule has 0 heterocycles. The summed E-state index contributed by atoms with van der Waals surface area (Å²) in [5.74, 6) is -5.10. The highest BCUT2D eigenvalue weighted by Crippen LogP contribution is 2.18. The predicted molar refractivity (Wildman–Crippen MR) is 247 cm³/mol. The number of unbranched alkanes of at least 4 members (excludes halogenated alkanes) is 1. The quantitative estimate of drug-likeness (QED) is 0.0377. The zero-order valence-electron chi connectivity index (χ0n) is 41.7. The summed E-state index contributed by atoms with van der Waals surface area (Å²) in [7, 11) is 2.64. The highest BCUT2D eigenvalue weighted by atomic mass is 19.2. The van der Waals surface area contributed by atoms with Crippen molar-refractivity contribution >= 4 is 30.5 Å². The van der Waals surface area contributed by atoms with Crippen LogP contribution in [0.3, 0.4) is 0 Å². The van der Waals surface area contributed by atoms with Gasteiger partial charge in [0.1, 0.15) is 70.1 Å². The van der Waals surface area contributed by atoms with Gasteiger partial charge in [-0.2, -0.15) is 0 Å². The summed E-state index contributed by atoms with van der Waals surface area (Å²) in [5, 5.41) is 28.8. The number of likely N-dealkylation sites (N-methyl/N-ethyl adjacent to an activating group) is 1. The molecule has 70 heavy (non-hydrogen) atoms. The van der Waals surface area contributed by atoms with Crippen LogP contribution in [0.2, 0.25) is 0 Å². The van der Waals surface area contributed by atoms with Gasteiger partial charge < -0.3 is 45.2 Å². The molecule has 0 aliphatic heterocycles. The number of rotatable bonds is 17. The predicted octanol–water partition coefficient (Wildman–Crippen LogP) is 8.33. The number of hydrogen-bond acceptors (Lipinski definition) is 11. The second kappa shape index (κ2) is 28.7. The van der Waals surface area contributed by atoms with Gasteiger partial charge in [-0.05, 0) is 135 Å². The largest absolute Gasteiger partial charge is 0.444 e. The number of benzene rings is 3. The van der Waals surface area contributed by atoms with Crippen LogP contribution in [0.1, 0.15) is 105 Å². The lowest BCUT2D eigenvalue weighted by molar-refractivity contribution is -0.171. The van der Waals surface area contributed by atoms with Crippen molar-refractivity contribution in [1.82, 2.24) is 21.0 Å². The van der Waals surface area contributed by atoms with Gasteiger partial charge in [-0.15, -0.1) is 0 Å². The van der Waals surface area contributed by atoms with E-state index in [1.54, 1.807) is 62.3 Å². The summed E-state index contributed by atoms with van der Waals surface area (Å²) in [6.07, 6.45) is -2.55. The van der Waals surface area contributed by atoms with Crippen molar-refractivity contribution in [3.8, 4) is 0 Å². The van der Waals surface area contributed by atoms with Gasteiger partial charge >= 0.3 is 18.3 Å². The summed E-state index contributed by atoms with van der Waals surface area (Å²) < 4.78 is 94.8. The van der Waals surface area contributed by atoms with Crippen LogP contribution in [0.25, 0.3) is 0 Å². The Balaban J connectivity index is 0.000000529. The monoisotopic (exact) mass is 1000 g/mol. The fourth-order valence-electron chi connectivity index (χ4n) is 6.05. The fraction of sp³-hybridized carbons (Fsp3) is 0.531. The minimum atomic E-state index is -1.31. The highest BCUT2D eigenvalue weighted by Gasteiger charge is 2.31. The third-order valence-corrected chi connectivity index (χ3v) is 8.92. The van der Waals surface area contributed by atoms with Gasteiger partial charge in [-0.25, -0.2) is 45.8 Å². The van der Waals surface area contributed by atoms with Gasteiger partial charge in [-0.1, -0.05) is 19.8 Å². The number of aliphatic hydroxyl groups is 2. The molecular formula is C49H68F6N4O11. The van der Waals surface area contributed by atoms with Gasteiger partial charge in [0, 0.05) is 31.7 Å². The number of nitrogens with zero attached hydrogens (tertiary/aromatic N) is 1. The lowest BCUT2D eigenvalue weighted by Gasteiger charge is -2.29. The van der Waals surface area contributed by atoms with E-state index >= 15 is 0 Å². The number of hydroxylamine groups is 2. The zero-order valence-corrected chi connectivity index (χ0v) is 41.7. The summed E-state index contributed by atoms with van der Waals surface area (Å²) in [4.78, 5) is 63.5. The Morgan fingerprint density at radius 2 is 0.957 bits per heavy atom. The van der Waals surface area contributed by atoms with E-state index in [-0.39, 0.29) is 36.0 Å². The first-order valence-corrected chi connectivity index (χ1v) is 22.2. The van der Waals surface area contributed by atoms with E-state index < -0.39 is 106 Å². The highest BCUT2D eigenvalue weighted by molar-refractivity contribution is 5.85. The molecule has 0 saturated heterocycles. The number of amides is 4. The van der Waals surface area contributed by atoms with Crippen LogP contribution in [0.5, 0.6) is 0 Å². The Morgan fingerprint density at radius 3 is 1.31 bits per heavy atom. The molecule has 3 rings (SSSR count). The molecule has 3 aromatic rings. The van der Waals surface area contributed by atoms with E-state index in [4.69, 9.17) is 19.0 Å². The minimum absolute atomic E-state index is 0.0164. The normalized spacial score (nSPS) is 13.5. The van der Waals surface area contributed by atoms with Crippen LogP contribution in [0.15, 0.2) is 54.6 Å². The summed E-state index contributed by atoms with van der Waals surface area (Å²) in [5.41, 5.74) is -1.45. The molecule has 0 aromatic heterocycles. The number of hydrogen-bond donors (Lipinski definition) is 5. The van der Waals surface area contributed by atoms with Crippen LogP contribution in [-0.2, 0) is 47.9 Å². The molecule has 5 atom stereocenters. The molecule has 5 N–H and O–H groups in total. The van der Waals surface area contributed by atoms with Crippen molar-refractivity contribution < 1.29 is 79.6 Å². The standard InChI is InChI=1S/C19H29F2NO4.C16H22F2N2O4.C14H17F2NO3/c1-5-6-7-16(23)17(24)15(22-18(25)26-19(2,3)4)10-12-8-13(20)11-14(21)9-12;1-16(2,3)24-15(22)19-13(14(21)20(4)23-5)8-10-6-11(17)9-12(18)7-10;1-14(2,3)20-13(19)17-12(8-18)6-9-4-10(15)7-11(16)5-9/h8-9,11,15-17,23-24H,5-7,10H2,1-4H3,(H,22,25);6-7,9,13H,8H2,1-5H3,(H,19,22);4-5,7-8,12H,6H2,1-3H3,(H,17,19)/t15-,16+,17+;13-;12-/m000/s1. The topological polar surface area (TPSA) is 202 Å². The summed E-state index contributed by atoms with van der Waals surface area (Å²) >= 11 is 0. The van der Waals surface area contributed by atoms with Crippen molar-refractivity contribution in [2.75, 3.05) is 14.2 Å². The second-order valence-corrected chi connectivity index (χ2v) is 19.0. The molecule has 0 aliphatic carbocycles. The minimum Gasteiger partial charge on any atom is -0.444 e. The lowest BCUT2D eigenvalue weighted by Crippen LogP contribution is -2.51. The molecule has 21 heteroatoms. The van der Waals surface area contributed by atoms with Crippen molar-refractivity contribution in [2.45, 2.75) is 155 Å². The molecule has 0 spiro atoms. The molecule has 0 fully saturated rings. The number of nitrogens with one attached hydrogen (secondary N) is 3.